The fraction of sp³-hybridized carbons (Fsp3) is 1.00. The van der Waals surface area contributed by atoms with Gasteiger partial charge in [-0.2, -0.15) is 0 Å². The van der Waals surface area contributed by atoms with Crippen LogP contribution in [-0.4, -0.2) is 18.0 Å². The second kappa shape index (κ2) is 1.97. The van der Waals surface area contributed by atoms with E-state index in [1.165, 1.54) is 0 Å². The molecule has 0 amide bonds. The molecule has 1 heterocycles. The summed E-state index contributed by atoms with van der Waals surface area (Å²) in [7, 11) is 0. The SMILES string of the molecule is F[N+]1(F)CCCCC1. The molecule has 1 fully saturated rings. The van der Waals surface area contributed by atoms with Crippen LogP contribution in [0, 0.1) is 0 Å². The summed E-state index contributed by atoms with van der Waals surface area (Å²) >= 11 is 0. The van der Waals surface area contributed by atoms with Crippen molar-refractivity contribution in [2.24, 2.45) is 0 Å². The molecule has 3 heteroatoms. The highest BCUT2D eigenvalue weighted by Gasteiger charge is 2.31. The van der Waals surface area contributed by atoms with E-state index in [1.807, 2.05) is 0 Å². The Labute approximate surface area is 47.4 Å². The van der Waals surface area contributed by atoms with Gasteiger partial charge < -0.3 is 0 Å². The highest BCUT2D eigenvalue weighted by molar-refractivity contribution is 4.44. The monoisotopic (exact) mass is 122 g/mol. The summed E-state index contributed by atoms with van der Waals surface area (Å²) in [6.07, 6.45) is 2.36. The largest absolute Gasteiger partial charge is 0.155 e. The van der Waals surface area contributed by atoms with Crippen molar-refractivity contribution in [3.05, 3.63) is 0 Å². The summed E-state index contributed by atoms with van der Waals surface area (Å²) in [5.74, 6) is 0. The fourth-order valence-electron chi connectivity index (χ4n) is 0.975. The molecular weight excluding hydrogens is 112 g/mol. The van der Waals surface area contributed by atoms with Crippen LogP contribution in [0.15, 0.2) is 0 Å². The van der Waals surface area contributed by atoms with E-state index >= 15 is 0 Å². The van der Waals surface area contributed by atoms with Crippen LogP contribution in [0.1, 0.15) is 19.3 Å². The summed E-state index contributed by atoms with van der Waals surface area (Å²) in [4.78, 5) is -1.75. The van der Waals surface area contributed by atoms with Crippen molar-refractivity contribution >= 4 is 0 Å². The van der Waals surface area contributed by atoms with Gasteiger partial charge >= 0.3 is 0 Å². The minimum Gasteiger partial charge on any atom is -0.0421 e. The summed E-state index contributed by atoms with van der Waals surface area (Å²) < 4.78 is 24.3. The molecule has 1 aliphatic heterocycles. The topological polar surface area (TPSA) is 0 Å². The second-order valence-electron chi connectivity index (χ2n) is 2.27. The zero-order valence-electron chi connectivity index (χ0n) is 4.74. The number of halogens is 2. The van der Waals surface area contributed by atoms with Gasteiger partial charge in [0.05, 0.1) is 4.93 Å². The fourth-order valence-corrected chi connectivity index (χ4v) is 0.975. The van der Waals surface area contributed by atoms with Crippen LogP contribution in [0.5, 0.6) is 0 Å². The summed E-state index contributed by atoms with van der Waals surface area (Å²) in [6, 6.07) is 0. The van der Waals surface area contributed by atoms with Crippen molar-refractivity contribution in [2.45, 2.75) is 19.3 Å². The first-order valence-corrected chi connectivity index (χ1v) is 2.97. The number of nitrogens with zero attached hydrogens (tertiary/aromatic N) is 1. The summed E-state index contributed by atoms with van der Waals surface area (Å²) in [5, 5.41) is 0. The lowest BCUT2D eigenvalue weighted by molar-refractivity contribution is -1.17. The van der Waals surface area contributed by atoms with E-state index in [4.69, 9.17) is 0 Å². The first-order chi connectivity index (χ1) is 3.71. The molecule has 0 aromatic heterocycles. The van der Waals surface area contributed by atoms with E-state index < -0.39 is 4.93 Å². The molecule has 0 spiro atoms. The molecule has 8 heavy (non-hydrogen) atoms. The Bertz CT molecular complexity index is 74.5. The van der Waals surface area contributed by atoms with Crippen LogP contribution in [0.25, 0.3) is 0 Å². The Kier molecular flexibility index (Phi) is 1.47. The Morgan fingerprint density at radius 1 is 0.875 bits per heavy atom. The minimum atomic E-state index is -1.75. The molecule has 0 N–H and O–H groups in total. The van der Waals surface area contributed by atoms with Crippen LogP contribution in [0.2, 0.25) is 0 Å². The van der Waals surface area contributed by atoms with Gasteiger partial charge in [0, 0.05) is 21.8 Å². The maximum absolute atomic E-state index is 12.1. The van der Waals surface area contributed by atoms with Crippen LogP contribution >= 0.6 is 0 Å². The lowest BCUT2D eigenvalue weighted by Gasteiger charge is -2.17. The Morgan fingerprint density at radius 3 is 1.62 bits per heavy atom. The maximum Gasteiger partial charge on any atom is 0.155 e. The molecule has 0 radical (unpaired) electrons. The average Bonchev–Trinajstić information content (AvgIpc) is 1.65. The molecule has 0 unspecified atom stereocenters. The van der Waals surface area contributed by atoms with Crippen molar-refractivity contribution in [1.82, 2.24) is 0 Å². The summed E-state index contributed by atoms with van der Waals surface area (Å²) in [6.45, 7) is 0.111. The molecule has 0 aliphatic carbocycles. The molecule has 48 valence electrons. The molecule has 0 bridgehead atoms. The predicted molar refractivity (Wildman–Crippen MR) is 26.1 cm³/mol. The zero-order chi connectivity index (χ0) is 6.04. The van der Waals surface area contributed by atoms with Gasteiger partial charge in [0.25, 0.3) is 0 Å². The van der Waals surface area contributed by atoms with Gasteiger partial charge in [-0.25, -0.2) is 0 Å². The lowest BCUT2D eigenvalue weighted by Crippen LogP contribution is -2.35. The highest BCUT2D eigenvalue weighted by atomic mass is 19.4. The summed E-state index contributed by atoms with van der Waals surface area (Å²) in [5.41, 5.74) is 0. The highest BCUT2D eigenvalue weighted by Crippen LogP contribution is 2.19. The zero-order valence-corrected chi connectivity index (χ0v) is 4.74. The smallest absolute Gasteiger partial charge is 0.0421 e. The third-order valence-electron chi connectivity index (χ3n) is 1.47. The molecule has 1 rings (SSSR count). The lowest BCUT2D eigenvalue weighted by atomic mass is 10.2. The number of hydrogen-bond acceptors (Lipinski definition) is 0. The van der Waals surface area contributed by atoms with E-state index in [0.717, 1.165) is 6.42 Å². The van der Waals surface area contributed by atoms with Gasteiger partial charge in [0.15, 0.2) is 13.1 Å². The maximum atomic E-state index is 12.1. The van der Waals surface area contributed by atoms with Crippen LogP contribution < -0.4 is 0 Å². The molecule has 0 saturated carbocycles. The van der Waals surface area contributed by atoms with Crippen LogP contribution in [0.3, 0.4) is 0 Å². The third kappa shape index (κ3) is 1.40. The minimum absolute atomic E-state index is 0.0556. The Morgan fingerprint density at radius 2 is 1.38 bits per heavy atom. The quantitative estimate of drug-likeness (QED) is 0.429. The van der Waals surface area contributed by atoms with Crippen molar-refractivity contribution in [3.8, 4) is 0 Å². The second-order valence-corrected chi connectivity index (χ2v) is 2.27. The molecular formula is C5H10F2N+. The third-order valence-corrected chi connectivity index (χ3v) is 1.47. The standard InChI is InChI=1S/C5H10F2N/c6-8(7)4-2-1-3-5-8/h1-5H2/q+1. The van der Waals surface area contributed by atoms with Gasteiger partial charge in [-0.15, -0.1) is 0 Å². The van der Waals surface area contributed by atoms with E-state index in [-0.39, 0.29) is 13.1 Å². The molecule has 0 atom stereocenters. The van der Waals surface area contributed by atoms with Gasteiger partial charge in [-0.1, -0.05) is 0 Å². The van der Waals surface area contributed by atoms with E-state index in [2.05, 4.69) is 0 Å². The van der Waals surface area contributed by atoms with E-state index in [9.17, 15) is 8.96 Å². The number of quaternary nitrogens is 1. The molecule has 1 aliphatic rings. The van der Waals surface area contributed by atoms with E-state index in [0.29, 0.717) is 12.8 Å². The van der Waals surface area contributed by atoms with Crippen LogP contribution in [-0.2, 0) is 0 Å². The van der Waals surface area contributed by atoms with Crippen LogP contribution in [0.4, 0.5) is 8.96 Å². The van der Waals surface area contributed by atoms with Crippen molar-refractivity contribution in [1.29, 1.82) is 0 Å². The van der Waals surface area contributed by atoms with E-state index in [1.54, 1.807) is 0 Å². The van der Waals surface area contributed by atoms with Gasteiger partial charge in [-0.3, -0.25) is 0 Å². The predicted octanol–water partition coefficient (Wildman–Crippen LogP) is 1.76. The molecule has 1 nitrogen and oxygen atoms in total. The molecule has 1 saturated heterocycles. The number of rotatable bonds is 0. The van der Waals surface area contributed by atoms with Crippen molar-refractivity contribution in [2.75, 3.05) is 13.1 Å². The molecule has 0 aromatic carbocycles. The Balaban J connectivity index is 2.33. The molecule has 0 aromatic rings. The first-order valence-electron chi connectivity index (χ1n) is 2.97. The number of piperidine rings is 1. The van der Waals surface area contributed by atoms with Gasteiger partial charge in [0.1, 0.15) is 0 Å². The normalized spacial score (nSPS) is 27.8. The van der Waals surface area contributed by atoms with Crippen molar-refractivity contribution in [3.63, 3.8) is 0 Å². The number of hydrogen-bond donors (Lipinski definition) is 0. The van der Waals surface area contributed by atoms with Gasteiger partial charge in [0.2, 0.25) is 0 Å². The Hall–Kier alpha value is -0.180. The average molecular weight is 122 g/mol. The van der Waals surface area contributed by atoms with Crippen molar-refractivity contribution < 1.29 is 13.9 Å². The first kappa shape index (κ1) is 5.95. The van der Waals surface area contributed by atoms with Gasteiger partial charge in [-0.05, 0) is 6.42 Å².